The van der Waals surface area contributed by atoms with E-state index in [2.05, 4.69) is 0 Å². The molecule has 5 nitrogen and oxygen atoms in total. The third kappa shape index (κ3) is 7.32. The summed E-state index contributed by atoms with van der Waals surface area (Å²) in [5.41, 5.74) is 1.90. The van der Waals surface area contributed by atoms with Crippen molar-refractivity contribution >= 4 is 12.0 Å². The van der Waals surface area contributed by atoms with E-state index in [-0.39, 0.29) is 0 Å². The van der Waals surface area contributed by atoms with Crippen molar-refractivity contribution in [2.45, 2.75) is 19.4 Å². The van der Waals surface area contributed by atoms with Crippen LogP contribution in [0.2, 0.25) is 0 Å². The molecule has 0 aliphatic rings. The van der Waals surface area contributed by atoms with Crippen molar-refractivity contribution in [3.05, 3.63) is 96.1 Å². The molecule has 0 heterocycles. The van der Waals surface area contributed by atoms with E-state index >= 15 is 0 Å². The van der Waals surface area contributed by atoms with Crippen LogP contribution in [-0.2, 0) is 16.0 Å². The molecule has 0 aliphatic carbocycles. The van der Waals surface area contributed by atoms with E-state index in [1.54, 1.807) is 6.92 Å². The van der Waals surface area contributed by atoms with Crippen LogP contribution in [0.1, 0.15) is 18.1 Å². The molecule has 31 heavy (non-hydrogen) atoms. The Hall–Kier alpha value is -3.57. The van der Waals surface area contributed by atoms with Gasteiger partial charge in [-0.05, 0) is 60.5 Å². The maximum absolute atomic E-state index is 11.2. The van der Waals surface area contributed by atoms with Gasteiger partial charge in [0.05, 0.1) is 0 Å². The first-order valence-corrected chi connectivity index (χ1v) is 10.2. The van der Waals surface area contributed by atoms with Gasteiger partial charge >= 0.3 is 5.97 Å². The van der Waals surface area contributed by atoms with E-state index in [1.807, 2.05) is 91.0 Å². The van der Waals surface area contributed by atoms with Crippen molar-refractivity contribution in [1.82, 2.24) is 0 Å². The zero-order chi connectivity index (χ0) is 21.9. The van der Waals surface area contributed by atoms with Crippen molar-refractivity contribution in [2.24, 2.45) is 0 Å². The Balaban J connectivity index is 1.50. The molecule has 0 saturated heterocycles. The van der Waals surface area contributed by atoms with Gasteiger partial charge in [-0.2, -0.15) is 0 Å². The second kappa shape index (κ2) is 11.6. The Bertz CT molecular complexity index is 980. The summed E-state index contributed by atoms with van der Waals surface area (Å²) in [7, 11) is 0. The zero-order valence-electron chi connectivity index (χ0n) is 17.4. The van der Waals surface area contributed by atoms with Crippen LogP contribution >= 0.6 is 0 Å². The number of rotatable bonds is 11. The van der Waals surface area contributed by atoms with E-state index in [0.717, 1.165) is 28.4 Å². The fourth-order valence-electron chi connectivity index (χ4n) is 2.99. The lowest BCUT2D eigenvalue weighted by Crippen LogP contribution is -2.26. The highest BCUT2D eigenvalue weighted by atomic mass is 16.5. The molecular formula is C26H26O5. The van der Waals surface area contributed by atoms with Crippen LogP contribution in [0.3, 0.4) is 0 Å². The van der Waals surface area contributed by atoms with Crippen molar-refractivity contribution < 1.29 is 24.1 Å². The number of carboxylic acid groups (broad SMARTS) is 1. The highest BCUT2D eigenvalue weighted by Gasteiger charge is 2.17. The molecule has 0 unspecified atom stereocenters. The highest BCUT2D eigenvalue weighted by Crippen LogP contribution is 2.22. The van der Waals surface area contributed by atoms with Gasteiger partial charge < -0.3 is 19.3 Å². The number of para-hydroxylation sites is 1. The third-order valence-corrected chi connectivity index (χ3v) is 4.48. The number of hydrogen-bond acceptors (Lipinski definition) is 4. The van der Waals surface area contributed by atoms with E-state index in [0.29, 0.717) is 19.6 Å². The SMILES string of the molecule is CCO[C@@H](Cc1ccc(OCC=Cc2cccc(Oc3ccccc3)c2)cc1)C(=O)O. The maximum atomic E-state index is 11.2. The minimum Gasteiger partial charge on any atom is -0.490 e. The summed E-state index contributed by atoms with van der Waals surface area (Å²) in [6.07, 6.45) is 3.41. The zero-order valence-corrected chi connectivity index (χ0v) is 17.4. The largest absolute Gasteiger partial charge is 0.490 e. The first-order valence-electron chi connectivity index (χ1n) is 10.2. The van der Waals surface area contributed by atoms with Gasteiger partial charge in [-0.25, -0.2) is 4.79 Å². The van der Waals surface area contributed by atoms with Crippen molar-refractivity contribution in [3.8, 4) is 17.2 Å². The van der Waals surface area contributed by atoms with E-state index in [4.69, 9.17) is 14.2 Å². The normalized spacial score (nSPS) is 11.9. The highest BCUT2D eigenvalue weighted by molar-refractivity contribution is 5.72. The van der Waals surface area contributed by atoms with Crippen LogP contribution in [0.25, 0.3) is 6.08 Å². The maximum Gasteiger partial charge on any atom is 0.333 e. The predicted octanol–water partition coefficient (Wildman–Crippen LogP) is 5.60. The monoisotopic (exact) mass is 418 g/mol. The van der Waals surface area contributed by atoms with Gasteiger partial charge in [0.25, 0.3) is 0 Å². The van der Waals surface area contributed by atoms with Crippen molar-refractivity contribution in [2.75, 3.05) is 13.2 Å². The van der Waals surface area contributed by atoms with Gasteiger partial charge in [-0.1, -0.05) is 48.5 Å². The summed E-state index contributed by atoms with van der Waals surface area (Å²) in [5, 5.41) is 9.18. The molecule has 0 saturated carbocycles. The molecule has 1 atom stereocenters. The van der Waals surface area contributed by atoms with E-state index in [9.17, 15) is 9.90 Å². The Morgan fingerprint density at radius 3 is 2.39 bits per heavy atom. The Morgan fingerprint density at radius 2 is 1.68 bits per heavy atom. The summed E-state index contributed by atoms with van der Waals surface area (Å²) in [6.45, 7) is 2.57. The molecule has 160 valence electrons. The topological polar surface area (TPSA) is 65.0 Å². The van der Waals surface area contributed by atoms with Gasteiger partial charge in [0.2, 0.25) is 0 Å². The lowest BCUT2D eigenvalue weighted by molar-refractivity contribution is -0.149. The second-order valence-electron chi connectivity index (χ2n) is 6.83. The summed E-state index contributed by atoms with van der Waals surface area (Å²) in [6, 6.07) is 24.9. The first-order chi connectivity index (χ1) is 15.1. The van der Waals surface area contributed by atoms with Crippen LogP contribution in [0.15, 0.2) is 84.9 Å². The molecule has 3 rings (SSSR count). The lowest BCUT2D eigenvalue weighted by atomic mass is 10.1. The third-order valence-electron chi connectivity index (χ3n) is 4.48. The molecule has 0 aromatic heterocycles. The Morgan fingerprint density at radius 1 is 0.935 bits per heavy atom. The van der Waals surface area contributed by atoms with Gasteiger partial charge in [-0.15, -0.1) is 0 Å². The molecule has 3 aromatic rings. The number of ether oxygens (including phenoxy) is 3. The van der Waals surface area contributed by atoms with Crippen molar-refractivity contribution in [1.29, 1.82) is 0 Å². The lowest BCUT2D eigenvalue weighted by Gasteiger charge is -2.12. The van der Waals surface area contributed by atoms with Crippen LogP contribution in [0.5, 0.6) is 17.2 Å². The summed E-state index contributed by atoms with van der Waals surface area (Å²) in [5.74, 6) is 1.34. The molecule has 0 spiro atoms. The minimum absolute atomic E-state index is 0.324. The Kier molecular flexibility index (Phi) is 8.26. The summed E-state index contributed by atoms with van der Waals surface area (Å²) >= 11 is 0. The number of hydrogen-bond donors (Lipinski definition) is 1. The minimum atomic E-state index is -0.953. The van der Waals surface area contributed by atoms with Gasteiger partial charge in [-0.3, -0.25) is 0 Å². The molecule has 0 aliphatic heterocycles. The van der Waals surface area contributed by atoms with E-state index in [1.165, 1.54) is 0 Å². The molecule has 0 radical (unpaired) electrons. The van der Waals surface area contributed by atoms with Gasteiger partial charge in [0.1, 0.15) is 23.9 Å². The van der Waals surface area contributed by atoms with Gasteiger partial charge in [0, 0.05) is 13.0 Å². The van der Waals surface area contributed by atoms with Gasteiger partial charge in [0.15, 0.2) is 6.10 Å². The quantitative estimate of drug-likeness (QED) is 0.439. The molecule has 5 heteroatoms. The molecule has 3 aromatic carbocycles. The standard InChI is InChI=1S/C26H26O5/c1-2-29-25(26(27)28)19-21-13-15-22(16-14-21)30-17-7-9-20-8-6-12-24(18-20)31-23-10-4-3-5-11-23/h3-16,18,25H,2,17,19H2,1H3,(H,27,28)/t25-/m0/s1. The van der Waals surface area contributed by atoms with Crippen molar-refractivity contribution in [3.63, 3.8) is 0 Å². The Labute approximate surface area is 182 Å². The van der Waals surface area contributed by atoms with Crippen LogP contribution in [0.4, 0.5) is 0 Å². The van der Waals surface area contributed by atoms with E-state index < -0.39 is 12.1 Å². The number of benzene rings is 3. The summed E-state index contributed by atoms with van der Waals surface area (Å²) in [4.78, 5) is 11.2. The number of carbonyl (C=O) groups is 1. The number of carboxylic acids is 1. The fraction of sp³-hybridized carbons (Fsp3) is 0.192. The van der Waals surface area contributed by atoms with Crippen LogP contribution in [-0.4, -0.2) is 30.4 Å². The molecule has 1 N–H and O–H groups in total. The average Bonchev–Trinajstić information content (AvgIpc) is 2.78. The number of aliphatic carboxylic acids is 1. The molecule has 0 bridgehead atoms. The average molecular weight is 418 g/mol. The second-order valence-corrected chi connectivity index (χ2v) is 6.83. The molecular weight excluding hydrogens is 392 g/mol. The van der Waals surface area contributed by atoms with Crippen LogP contribution < -0.4 is 9.47 Å². The first kappa shape index (κ1) is 22.1. The smallest absolute Gasteiger partial charge is 0.333 e. The molecule has 0 fully saturated rings. The van der Waals surface area contributed by atoms with Crippen LogP contribution in [0, 0.1) is 0 Å². The molecule has 0 amide bonds. The predicted molar refractivity (Wildman–Crippen MR) is 121 cm³/mol. The summed E-state index contributed by atoms with van der Waals surface area (Å²) < 4.78 is 16.8. The fourth-order valence-corrected chi connectivity index (χ4v) is 2.99.